The minimum absolute atomic E-state index is 0.0255. The molecule has 0 saturated carbocycles. The second-order valence-corrected chi connectivity index (χ2v) is 5.29. The normalized spacial score (nSPS) is 10.8. The van der Waals surface area contributed by atoms with Crippen LogP contribution in [0.15, 0.2) is 12.1 Å². The highest BCUT2D eigenvalue weighted by Gasteiger charge is 2.19. The van der Waals surface area contributed by atoms with Crippen LogP contribution in [-0.2, 0) is 6.42 Å². The Bertz CT molecular complexity index is 665. The molecule has 2 aromatic rings. The summed E-state index contributed by atoms with van der Waals surface area (Å²) in [7, 11) is 0. The summed E-state index contributed by atoms with van der Waals surface area (Å²) in [5, 5.41) is 9.18. The van der Waals surface area contributed by atoms with Crippen molar-refractivity contribution in [3.63, 3.8) is 0 Å². The van der Waals surface area contributed by atoms with E-state index in [1.54, 1.807) is 23.7 Å². The zero-order valence-electron chi connectivity index (χ0n) is 11.6. The van der Waals surface area contributed by atoms with E-state index in [0.717, 1.165) is 11.3 Å². The topological polar surface area (TPSA) is 47.8 Å². The van der Waals surface area contributed by atoms with Crippen molar-refractivity contribution in [3.8, 4) is 5.69 Å². The Morgan fingerprint density at radius 2 is 1.95 bits per heavy atom. The number of carbonyl (C=O) groups excluding carboxylic acids is 1. The lowest BCUT2D eigenvalue weighted by molar-refractivity contribution is 0.0982. The average molecular weight is 312 g/mol. The van der Waals surface area contributed by atoms with Gasteiger partial charge in [0, 0.05) is 11.4 Å². The molecular weight excluding hydrogens is 297 g/mol. The number of aryl methyl sites for hydroxylation is 1. The Hall–Kier alpha value is -1.39. The SMILES string of the molecule is CCC(=O)c1nnn(-c2cc(Cl)c(C)cc2Cl)c1CC. The van der Waals surface area contributed by atoms with Crippen molar-refractivity contribution in [3.05, 3.63) is 39.1 Å². The molecule has 0 aliphatic rings. The predicted octanol–water partition coefficient (Wildman–Crippen LogP) is 4.04. The van der Waals surface area contributed by atoms with Crippen LogP contribution in [0.5, 0.6) is 0 Å². The molecule has 106 valence electrons. The first kappa shape index (κ1) is 15.0. The number of Topliss-reactive ketones (excluding diaryl/α,β-unsaturated/α-hetero) is 1. The maximum atomic E-state index is 11.9. The molecule has 0 N–H and O–H groups in total. The zero-order valence-corrected chi connectivity index (χ0v) is 13.1. The van der Waals surface area contributed by atoms with Gasteiger partial charge in [-0.05, 0) is 31.0 Å². The van der Waals surface area contributed by atoms with Gasteiger partial charge in [-0.15, -0.1) is 5.10 Å². The second kappa shape index (κ2) is 5.94. The van der Waals surface area contributed by atoms with Crippen LogP contribution in [0.2, 0.25) is 10.0 Å². The molecule has 0 bridgehead atoms. The van der Waals surface area contributed by atoms with Gasteiger partial charge in [-0.1, -0.05) is 42.3 Å². The van der Waals surface area contributed by atoms with Gasteiger partial charge < -0.3 is 0 Å². The van der Waals surface area contributed by atoms with Crippen molar-refractivity contribution >= 4 is 29.0 Å². The van der Waals surface area contributed by atoms with E-state index in [4.69, 9.17) is 23.2 Å². The van der Waals surface area contributed by atoms with Crippen molar-refractivity contribution in [2.75, 3.05) is 0 Å². The number of ketones is 1. The van der Waals surface area contributed by atoms with Crippen LogP contribution in [-0.4, -0.2) is 20.8 Å². The van der Waals surface area contributed by atoms with Gasteiger partial charge in [0.1, 0.15) is 0 Å². The molecule has 2 rings (SSSR count). The van der Waals surface area contributed by atoms with E-state index in [0.29, 0.717) is 34.3 Å². The molecule has 0 aliphatic heterocycles. The Kier molecular flexibility index (Phi) is 4.45. The number of benzene rings is 1. The van der Waals surface area contributed by atoms with Gasteiger partial charge in [0.15, 0.2) is 11.5 Å². The van der Waals surface area contributed by atoms with Crippen LogP contribution in [0.1, 0.15) is 42.0 Å². The lowest BCUT2D eigenvalue weighted by atomic mass is 10.1. The van der Waals surface area contributed by atoms with E-state index in [9.17, 15) is 4.79 Å². The van der Waals surface area contributed by atoms with Gasteiger partial charge in [0.25, 0.3) is 0 Å². The van der Waals surface area contributed by atoms with Crippen molar-refractivity contribution in [1.29, 1.82) is 0 Å². The molecule has 1 heterocycles. The summed E-state index contributed by atoms with van der Waals surface area (Å²) >= 11 is 12.4. The number of rotatable bonds is 4. The van der Waals surface area contributed by atoms with Crippen LogP contribution < -0.4 is 0 Å². The number of hydrogen-bond acceptors (Lipinski definition) is 3. The molecule has 0 unspecified atom stereocenters. The largest absolute Gasteiger partial charge is 0.292 e. The van der Waals surface area contributed by atoms with Crippen molar-refractivity contribution < 1.29 is 4.79 Å². The first-order valence-electron chi connectivity index (χ1n) is 6.43. The molecule has 0 fully saturated rings. The summed E-state index contributed by atoms with van der Waals surface area (Å²) in [4.78, 5) is 11.9. The van der Waals surface area contributed by atoms with Crippen LogP contribution in [0.3, 0.4) is 0 Å². The molecular formula is C14H15Cl2N3O. The summed E-state index contributed by atoms with van der Waals surface area (Å²) in [5.74, 6) is -0.0255. The Morgan fingerprint density at radius 3 is 2.55 bits per heavy atom. The number of aromatic nitrogens is 3. The number of nitrogens with zero attached hydrogens (tertiary/aromatic N) is 3. The molecule has 1 aromatic carbocycles. The third-order valence-electron chi connectivity index (χ3n) is 3.14. The number of halogens is 2. The Morgan fingerprint density at radius 1 is 1.25 bits per heavy atom. The standard InChI is InChI=1S/C14H15Cl2N3O/c1-4-11-14(13(20)5-2)17-18-19(11)12-7-9(15)8(3)6-10(12)16/h6-7H,4-5H2,1-3H3. The molecule has 6 heteroatoms. The van der Waals surface area contributed by atoms with Crippen molar-refractivity contribution in [1.82, 2.24) is 15.0 Å². The van der Waals surface area contributed by atoms with E-state index in [-0.39, 0.29) is 5.78 Å². The highest BCUT2D eigenvalue weighted by molar-refractivity contribution is 6.35. The van der Waals surface area contributed by atoms with Crippen molar-refractivity contribution in [2.24, 2.45) is 0 Å². The molecule has 20 heavy (non-hydrogen) atoms. The van der Waals surface area contributed by atoms with Crippen LogP contribution in [0.4, 0.5) is 0 Å². The quantitative estimate of drug-likeness (QED) is 0.801. The maximum absolute atomic E-state index is 11.9. The van der Waals surface area contributed by atoms with E-state index < -0.39 is 0 Å². The first-order chi connectivity index (χ1) is 9.49. The van der Waals surface area contributed by atoms with Gasteiger partial charge in [0.2, 0.25) is 0 Å². The Balaban J connectivity index is 2.62. The molecule has 0 saturated heterocycles. The third-order valence-corrected chi connectivity index (χ3v) is 3.85. The average Bonchev–Trinajstić information content (AvgIpc) is 2.85. The lowest BCUT2D eigenvalue weighted by Crippen LogP contribution is -2.06. The monoisotopic (exact) mass is 311 g/mol. The zero-order chi connectivity index (χ0) is 14.9. The smallest absolute Gasteiger partial charge is 0.184 e. The summed E-state index contributed by atoms with van der Waals surface area (Å²) in [6.07, 6.45) is 1.03. The summed E-state index contributed by atoms with van der Waals surface area (Å²) in [6, 6.07) is 3.52. The third kappa shape index (κ3) is 2.58. The maximum Gasteiger partial charge on any atom is 0.184 e. The minimum atomic E-state index is -0.0255. The number of hydrogen-bond donors (Lipinski definition) is 0. The van der Waals surface area contributed by atoms with Gasteiger partial charge in [-0.2, -0.15) is 0 Å². The summed E-state index contributed by atoms with van der Waals surface area (Å²) in [6.45, 7) is 5.63. The van der Waals surface area contributed by atoms with Gasteiger partial charge in [-0.25, -0.2) is 4.68 Å². The van der Waals surface area contributed by atoms with Gasteiger partial charge >= 0.3 is 0 Å². The second-order valence-electron chi connectivity index (χ2n) is 4.48. The fourth-order valence-electron chi connectivity index (χ4n) is 1.99. The van der Waals surface area contributed by atoms with E-state index in [1.807, 2.05) is 13.8 Å². The molecule has 1 aromatic heterocycles. The first-order valence-corrected chi connectivity index (χ1v) is 7.18. The van der Waals surface area contributed by atoms with E-state index >= 15 is 0 Å². The predicted molar refractivity (Wildman–Crippen MR) is 80.1 cm³/mol. The van der Waals surface area contributed by atoms with E-state index in [2.05, 4.69) is 10.3 Å². The molecule has 0 radical (unpaired) electrons. The lowest BCUT2D eigenvalue weighted by Gasteiger charge is -2.09. The van der Waals surface area contributed by atoms with Crippen molar-refractivity contribution in [2.45, 2.75) is 33.6 Å². The summed E-state index contributed by atoms with van der Waals surface area (Å²) < 4.78 is 1.59. The highest BCUT2D eigenvalue weighted by Crippen LogP contribution is 2.28. The fraction of sp³-hybridized carbons (Fsp3) is 0.357. The molecule has 0 amide bonds. The summed E-state index contributed by atoms with van der Waals surface area (Å²) in [5.41, 5.74) is 2.69. The highest BCUT2D eigenvalue weighted by atomic mass is 35.5. The molecule has 0 aliphatic carbocycles. The molecule has 0 atom stereocenters. The van der Waals surface area contributed by atoms with Gasteiger partial charge in [-0.3, -0.25) is 4.79 Å². The molecule has 4 nitrogen and oxygen atoms in total. The van der Waals surface area contributed by atoms with Crippen LogP contribution in [0.25, 0.3) is 5.69 Å². The Labute approximate surface area is 127 Å². The molecule has 0 spiro atoms. The van der Waals surface area contributed by atoms with Crippen LogP contribution >= 0.6 is 23.2 Å². The van der Waals surface area contributed by atoms with Gasteiger partial charge in [0.05, 0.1) is 16.4 Å². The fourth-order valence-corrected chi connectivity index (χ4v) is 2.45. The minimum Gasteiger partial charge on any atom is -0.292 e. The van der Waals surface area contributed by atoms with Crippen LogP contribution in [0, 0.1) is 6.92 Å². The number of carbonyl (C=O) groups is 1. The van der Waals surface area contributed by atoms with E-state index in [1.165, 1.54) is 0 Å².